The number of carbonyl (C=O) groups is 1. The molecular formula is C15H15FN4O. The highest BCUT2D eigenvalue weighted by molar-refractivity contribution is 5.93. The van der Waals surface area contributed by atoms with E-state index in [0.29, 0.717) is 5.56 Å². The maximum atomic E-state index is 13.0. The van der Waals surface area contributed by atoms with Crippen LogP contribution in [0.3, 0.4) is 0 Å². The summed E-state index contributed by atoms with van der Waals surface area (Å²) >= 11 is 0. The third-order valence-corrected chi connectivity index (χ3v) is 3.84. The number of benzene rings is 1. The monoisotopic (exact) mass is 286 g/mol. The number of hydrogen-bond donors (Lipinski definition) is 2. The molecule has 0 radical (unpaired) electrons. The lowest BCUT2D eigenvalue weighted by Gasteiger charge is -2.43. The molecule has 1 saturated carbocycles. The second kappa shape index (κ2) is 5.57. The van der Waals surface area contributed by atoms with Gasteiger partial charge in [-0.05, 0) is 37.0 Å². The maximum absolute atomic E-state index is 13.0. The minimum Gasteiger partial charge on any atom is -0.287 e. The van der Waals surface area contributed by atoms with Gasteiger partial charge in [-0.1, -0.05) is 12.1 Å². The van der Waals surface area contributed by atoms with Crippen LogP contribution in [-0.2, 0) is 5.54 Å². The summed E-state index contributed by atoms with van der Waals surface area (Å²) in [4.78, 5) is 19.6. The number of nitrogens with one attached hydrogen (secondary N) is 2. The quantitative estimate of drug-likeness (QED) is 0.843. The Balaban J connectivity index is 1.70. The van der Waals surface area contributed by atoms with Gasteiger partial charge in [0, 0.05) is 12.4 Å². The molecule has 0 bridgehead atoms. The van der Waals surface area contributed by atoms with Crippen molar-refractivity contribution in [2.24, 2.45) is 0 Å². The Morgan fingerprint density at radius 3 is 2.38 bits per heavy atom. The summed E-state index contributed by atoms with van der Waals surface area (Å²) in [5.74, 6) is -0.553. The van der Waals surface area contributed by atoms with E-state index in [9.17, 15) is 9.18 Å². The fourth-order valence-corrected chi connectivity index (χ4v) is 2.45. The van der Waals surface area contributed by atoms with Gasteiger partial charge in [0.2, 0.25) is 0 Å². The zero-order valence-electron chi connectivity index (χ0n) is 11.3. The van der Waals surface area contributed by atoms with Crippen LogP contribution in [0.2, 0.25) is 0 Å². The standard InChI is InChI=1S/C15H15FN4O/c16-13-4-2-12(3-5-13)15(6-1-7-15)20-19-14(21)11-8-17-10-18-9-11/h2-5,8-10,20H,1,6-7H2,(H,19,21). The molecule has 0 aliphatic heterocycles. The molecule has 0 atom stereocenters. The number of carbonyl (C=O) groups excluding carboxylic acids is 1. The molecule has 5 nitrogen and oxygen atoms in total. The lowest BCUT2D eigenvalue weighted by atomic mass is 9.72. The van der Waals surface area contributed by atoms with Gasteiger partial charge in [-0.25, -0.2) is 19.8 Å². The lowest BCUT2D eigenvalue weighted by molar-refractivity contribution is 0.0847. The van der Waals surface area contributed by atoms with Crippen LogP contribution < -0.4 is 10.9 Å². The Morgan fingerprint density at radius 1 is 1.14 bits per heavy atom. The van der Waals surface area contributed by atoms with Gasteiger partial charge in [0.25, 0.3) is 5.91 Å². The second-order valence-corrected chi connectivity index (χ2v) is 5.15. The molecule has 1 aromatic carbocycles. The van der Waals surface area contributed by atoms with Crippen molar-refractivity contribution in [2.45, 2.75) is 24.8 Å². The van der Waals surface area contributed by atoms with Crippen molar-refractivity contribution in [3.8, 4) is 0 Å². The molecular weight excluding hydrogens is 271 g/mol. The molecule has 3 rings (SSSR count). The van der Waals surface area contributed by atoms with Crippen molar-refractivity contribution in [2.75, 3.05) is 0 Å². The third-order valence-electron chi connectivity index (χ3n) is 3.84. The summed E-state index contributed by atoms with van der Waals surface area (Å²) in [6.07, 6.45) is 7.13. The van der Waals surface area contributed by atoms with Crippen LogP contribution in [0, 0.1) is 5.82 Å². The molecule has 0 saturated heterocycles. The van der Waals surface area contributed by atoms with Crippen LogP contribution in [0.25, 0.3) is 0 Å². The molecule has 1 aliphatic rings. The van der Waals surface area contributed by atoms with Crippen LogP contribution in [0.15, 0.2) is 43.0 Å². The topological polar surface area (TPSA) is 66.9 Å². The van der Waals surface area contributed by atoms with Crippen LogP contribution in [0.5, 0.6) is 0 Å². The maximum Gasteiger partial charge on any atom is 0.268 e. The van der Waals surface area contributed by atoms with E-state index < -0.39 is 0 Å². The molecule has 2 aromatic rings. The number of nitrogens with zero attached hydrogens (tertiary/aromatic N) is 2. The van der Waals surface area contributed by atoms with E-state index in [-0.39, 0.29) is 17.3 Å². The van der Waals surface area contributed by atoms with Crippen molar-refractivity contribution >= 4 is 5.91 Å². The minimum absolute atomic E-state index is 0.265. The van der Waals surface area contributed by atoms with Gasteiger partial charge in [-0.3, -0.25) is 10.2 Å². The van der Waals surface area contributed by atoms with Crippen LogP contribution in [-0.4, -0.2) is 15.9 Å². The molecule has 6 heteroatoms. The first-order chi connectivity index (χ1) is 10.2. The summed E-state index contributed by atoms with van der Waals surface area (Å²) < 4.78 is 13.0. The Bertz CT molecular complexity index is 626. The second-order valence-electron chi connectivity index (χ2n) is 5.15. The van der Waals surface area contributed by atoms with E-state index in [1.165, 1.54) is 30.9 Å². The molecule has 1 fully saturated rings. The summed E-state index contributed by atoms with van der Waals surface area (Å²) in [7, 11) is 0. The zero-order chi connectivity index (χ0) is 14.7. The van der Waals surface area contributed by atoms with Gasteiger partial charge >= 0.3 is 0 Å². The first-order valence-electron chi connectivity index (χ1n) is 6.78. The molecule has 1 amide bonds. The molecule has 1 aromatic heterocycles. The average Bonchev–Trinajstić information content (AvgIpc) is 2.48. The van der Waals surface area contributed by atoms with Crippen LogP contribution in [0.4, 0.5) is 4.39 Å². The third kappa shape index (κ3) is 2.75. The summed E-state index contributed by atoms with van der Waals surface area (Å²) in [6, 6.07) is 6.37. The highest BCUT2D eigenvalue weighted by Crippen LogP contribution is 2.40. The molecule has 21 heavy (non-hydrogen) atoms. The van der Waals surface area contributed by atoms with Crippen LogP contribution in [0.1, 0.15) is 35.2 Å². The van der Waals surface area contributed by atoms with Crippen molar-refractivity contribution in [1.82, 2.24) is 20.8 Å². The first kappa shape index (κ1) is 13.6. The minimum atomic E-state index is -0.320. The van der Waals surface area contributed by atoms with Gasteiger partial charge in [0.1, 0.15) is 12.1 Å². The largest absolute Gasteiger partial charge is 0.287 e. The number of aromatic nitrogens is 2. The van der Waals surface area contributed by atoms with Crippen molar-refractivity contribution in [3.63, 3.8) is 0 Å². The number of rotatable bonds is 4. The number of hydrazine groups is 1. The first-order valence-corrected chi connectivity index (χ1v) is 6.78. The Hall–Kier alpha value is -2.34. The van der Waals surface area contributed by atoms with E-state index in [2.05, 4.69) is 20.8 Å². The van der Waals surface area contributed by atoms with Gasteiger partial charge in [0.15, 0.2) is 0 Å². The summed E-state index contributed by atoms with van der Waals surface area (Å²) in [6.45, 7) is 0. The molecule has 1 aliphatic carbocycles. The molecule has 0 unspecified atom stereocenters. The van der Waals surface area contributed by atoms with E-state index in [1.807, 2.05) is 0 Å². The zero-order valence-corrected chi connectivity index (χ0v) is 11.3. The summed E-state index contributed by atoms with van der Waals surface area (Å²) in [5, 5.41) is 0. The van der Waals surface area contributed by atoms with Crippen molar-refractivity contribution in [3.05, 3.63) is 59.9 Å². The SMILES string of the molecule is O=C(NNC1(c2ccc(F)cc2)CCC1)c1cncnc1. The predicted octanol–water partition coefficient (Wildman–Crippen LogP) is 1.93. The summed E-state index contributed by atoms with van der Waals surface area (Å²) in [5.41, 5.74) is 6.82. The molecule has 0 spiro atoms. The number of amides is 1. The van der Waals surface area contributed by atoms with Gasteiger partial charge in [-0.15, -0.1) is 0 Å². The van der Waals surface area contributed by atoms with E-state index in [0.717, 1.165) is 24.8 Å². The van der Waals surface area contributed by atoms with Gasteiger partial charge in [-0.2, -0.15) is 0 Å². The highest BCUT2D eigenvalue weighted by Gasteiger charge is 2.39. The normalized spacial score (nSPS) is 16.0. The highest BCUT2D eigenvalue weighted by atomic mass is 19.1. The molecule has 1 heterocycles. The van der Waals surface area contributed by atoms with Crippen molar-refractivity contribution < 1.29 is 9.18 Å². The van der Waals surface area contributed by atoms with E-state index >= 15 is 0 Å². The molecule has 108 valence electrons. The Labute approximate surface area is 121 Å². The van der Waals surface area contributed by atoms with Gasteiger partial charge in [0.05, 0.1) is 11.1 Å². The predicted molar refractivity (Wildman–Crippen MR) is 74.6 cm³/mol. The van der Waals surface area contributed by atoms with Crippen LogP contribution >= 0.6 is 0 Å². The fraction of sp³-hybridized carbons (Fsp3) is 0.267. The number of halogens is 1. The Morgan fingerprint density at radius 2 is 1.81 bits per heavy atom. The van der Waals surface area contributed by atoms with Gasteiger partial charge < -0.3 is 0 Å². The van der Waals surface area contributed by atoms with E-state index in [1.54, 1.807) is 12.1 Å². The Kier molecular flexibility index (Phi) is 3.62. The van der Waals surface area contributed by atoms with E-state index in [4.69, 9.17) is 0 Å². The molecule has 2 N–H and O–H groups in total. The fourth-order valence-electron chi connectivity index (χ4n) is 2.45. The smallest absolute Gasteiger partial charge is 0.268 e. The lowest BCUT2D eigenvalue weighted by Crippen LogP contribution is -2.55. The average molecular weight is 286 g/mol. The number of hydrogen-bond acceptors (Lipinski definition) is 4. The van der Waals surface area contributed by atoms with Crippen molar-refractivity contribution in [1.29, 1.82) is 0 Å².